The van der Waals surface area contributed by atoms with Crippen LogP contribution in [-0.4, -0.2) is 20.7 Å². The highest BCUT2D eigenvalue weighted by Crippen LogP contribution is 2.18. The van der Waals surface area contributed by atoms with Crippen LogP contribution in [0.3, 0.4) is 0 Å². The van der Waals surface area contributed by atoms with Gasteiger partial charge in [-0.15, -0.1) is 5.54 Å². The normalized spacial score (nSPS) is 14.4. The Balaban J connectivity index is 2.35. The van der Waals surface area contributed by atoms with Crippen molar-refractivity contribution in [1.29, 1.82) is 0 Å². The van der Waals surface area contributed by atoms with E-state index in [1.54, 1.807) is 0 Å². The van der Waals surface area contributed by atoms with Crippen LogP contribution in [0.25, 0.3) is 0 Å². The largest absolute Gasteiger partial charge is 0.462 e. The summed E-state index contributed by atoms with van der Waals surface area (Å²) in [5, 5.41) is 0. The van der Waals surface area contributed by atoms with Crippen molar-refractivity contribution in [2.24, 2.45) is 0 Å². The Morgan fingerprint density at radius 2 is 2.06 bits per heavy atom. The molecule has 1 aromatic carbocycles. The van der Waals surface area contributed by atoms with E-state index in [0.717, 1.165) is 17.5 Å². The first-order chi connectivity index (χ1) is 7.96. The molecule has 2 rings (SSSR count). The van der Waals surface area contributed by atoms with Crippen molar-refractivity contribution in [1.82, 2.24) is 0 Å². The van der Waals surface area contributed by atoms with Gasteiger partial charge < -0.3 is 4.74 Å². The fourth-order valence-electron chi connectivity index (χ4n) is 1.65. The number of hydrogen-bond acceptors (Lipinski definition) is 2. The van der Waals surface area contributed by atoms with Gasteiger partial charge in [-0.05, 0) is 17.7 Å². The molecule has 3 heteroatoms. The van der Waals surface area contributed by atoms with Crippen LogP contribution in [0, 0.1) is 11.5 Å². The van der Waals surface area contributed by atoms with Crippen molar-refractivity contribution in [2.45, 2.75) is 26.1 Å². The number of fused-ring (bicyclic) bond motifs is 1. The van der Waals surface area contributed by atoms with Gasteiger partial charge in [-0.2, -0.15) is 0 Å². The summed E-state index contributed by atoms with van der Waals surface area (Å²) >= 11 is 0. The molecule has 2 nitrogen and oxygen atoms in total. The first-order valence-electron chi connectivity index (χ1n) is 5.79. The quantitative estimate of drug-likeness (QED) is 0.398. The van der Waals surface area contributed by atoms with Gasteiger partial charge in [-0.3, -0.25) is 0 Å². The zero-order valence-electron chi connectivity index (χ0n) is 10.5. The molecule has 0 aliphatic carbocycles. The Morgan fingerprint density at radius 1 is 1.29 bits per heavy atom. The fourth-order valence-corrected chi connectivity index (χ4v) is 2.17. The van der Waals surface area contributed by atoms with Gasteiger partial charge in [0.1, 0.15) is 8.07 Å². The van der Waals surface area contributed by atoms with Gasteiger partial charge >= 0.3 is 5.97 Å². The van der Waals surface area contributed by atoms with Crippen molar-refractivity contribution in [3.8, 4) is 11.5 Å². The predicted molar refractivity (Wildman–Crippen MR) is 70.7 cm³/mol. The number of esters is 1. The van der Waals surface area contributed by atoms with Crippen molar-refractivity contribution in [2.75, 3.05) is 6.61 Å². The van der Waals surface area contributed by atoms with E-state index in [0.29, 0.717) is 12.2 Å². The first kappa shape index (κ1) is 11.9. The van der Waals surface area contributed by atoms with E-state index < -0.39 is 8.07 Å². The topological polar surface area (TPSA) is 26.3 Å². The molecule has 0 unspecified atom stereocenters. The lowest BCUT2D eigenvalue weighted by Crippen LogP contribution is -2.18. The van der Waals surface area contributed by atoms with E-state index in [1.165, 1.54) is 0 Å². The molecule has 17 heavy (non-hydrogen) atoms. The highest BCUT2D eigenvalue weighted by Gasteiger charge is 2.18. The van der Waals surface area contributed by atoms with Gasteiger partial charge in [-0.1, -0.05) is 31.6 Å². The Labute approximate surface area is 103 Å². The minimum Gasteiger partial charge on any atom is -0.462 e. The molecule has 0 bridgehead atoms. The SMILES string of the molecule is C[Si](C)(C)C#Cc1ccc2c(c1)C(=O)OCC2. The maximum Gasteiger partial charge on any atom is 0.338 e. The molecule has 0 spiro atoms. The number of cyclic esters (lactones) is 1. The minimum atomic E-state index is -1.37. The lowest BCUT2D eigenvalue weighted by atomic mass is 10.0. The average molecular weight is 244 g/mol. The maximum atomic E-state index is 11.6. The van der Waals surface area contributed by atoms with Gasteiger partial charge in [0.15, 0.2) is 0 Å². The van der Waals surface area contributed by atoms with E-state index in [4.69, 9.17) is 4.74 Å². The second-order valence-electron chi connectivity index (χ2n) is 5.26. The number of ether oxygens (including phenoxy) is 1. The standard InChI is InChI=1S/C14H16O2Si/c1-17(2,3)9-7-11-4-5-12-6-8-16-14(15)13(12)10-11/h4-5,10H,6,8H2,1-3H3. The van der Waals surface area contributed by atoms with Gasteiger partial charge in [0.25, 0.3) is 0 Å². The van der Waals surface area contributed by atoms with Crippen LogP contribution in [0.1, 0.15) is 21.5 Å². The number of benzene rings is 1. The third-order valence-electron chi connectivity index (χ3n) is 2.52. The molecule has 1 aromatic rings. The van der Waals surface area contributed by atoms with Gasteiger partial charge in [0, 0.05) is 12.0 Å². The Morgan fingerprint density at radius 3 is 2.76 bits per heavy atom. The van der Waals surface area contributed by atoms with Crippen LogP contribution in [0.5, 0.6) is 0 Å². The predicted octanol–water partition coefficient (Wildman–Crippen LogP) is 2.63. The summed E-state index contributed by atoms with van der Waals surface area (Å²) in [7, 11) is -1.37. The molecule has 1 heterocycles. The third kappa shape index (κ3) is 2.98. The van der Waals surface area contributed by atoms with Gasteiger partial charge in [0.2, 0.25) is 0 Å². The highest BCUT2D eigenvalue weighted by atomic mass is 28.3. The molecule has 0 N–H and O–H groups in total. The van der Waals surface area contributed by atoms with Crippen LogP contribution >= 0.6 is 0 Å². The fraction of sp³-hybridized carbons (Fsp3) is 0.357. The first-order valence-corrected chi connectivity index (χ1v) is 9.29. The molecule has 1 aliphatic heterocycles. The molecule has 88 valence electrons. The summed E-state index contributed by atoms with van der Waals surface area (Å²) in [6.07, 6.45) is 0.808. The van der Waals surface area contributed by atoms with E-state index in [1.807, 2.05) is 18.2 Å². The molecule has 0 saturated heterocycles. The second-order valence-corrected chi connectivity index (χ2v) is 10.0. The van der Waals surface area contributed by atoms with Gasteiger partial charge in [0.05, 0.1) is 12.2 Å². The Bertz CT molecular complexity index is 515. The lowest BCUT2D eigenvalue weighted by molar-refractivity contribution is 0.0480. The van der Waals surface area contributed by atoms with Crippen molar-refractivity contribution < 1.29 is 9.53 Å². The summed E-state index contributed by atoms with van der Waals surface area (Å²) in [6.45, 7) is 7.10. The maximum absolute atomic E-state index is 11.6. The van der Waals surface area contributed by atoms with Crippen molar-refractivity contribution in [3.05, 3.63) is 34.9 Å². The number of hydrogen-bond donors (Lipinski definition) is 0. The molecule has 0 aromatic heterocycles. The van der Waals surface area contributed by atoms with Crippen LogP contribution in [0.15, 0.2) is 18.2 Å². The van der Waals surface area contributed by atoms with Crippen LogP contribution in [0.4, 0.5) is 0 Å². The second kappa shape index (κ2) is 4.38. The summed E-state index contributed by atoms with van der Waals surface area (Å²) in [5.41, 5.74) is 5.95. The molecule has 0 fully saturated rings. The monoisotopic (exact) mass is 244 g/mol. The number of carbonyl (C=O) groups is 1. The zero-order valence-corrected chi connectivity index (χ0v) is 11.5. The van der Waals surface area contributed by atoms with E-state index in [9.17, 15) is 4.79 Å². The van der Waals surface area contributed by atoms with E-state index >= 15 is 0 Å². The Hall–Kier alpha value is -1.53. The van der Waals surface area contributed by atoms with Crippen LogP contribution < -0.4 is 0 Å². The lowest BCUT2D eigenvalue weighted by Gasteiger charge is -2.15. The van der Waals surface area contributed by atoms with Crippen LogP contribution in [0.2, 0.25) is 19.6 Å². The summed E-state index contributed by atoms with van der Waals surface area (Å²) in [5.74, 6) is 2.94. The number of carbonyl (C=O) groups excluding carboxylic acids is 1. The molecule has 0 amide bonds. The molecule has 0 atom stereocenters. The zero-order chi connectivity index (χ0) is 12.5. The smallest absolute Gasteiger partial charge is 0.338 e. The third-order valence-corrected chi connectivity index (χ3v) is 3.39. The minimum absolute atomic E-state index is 0.220. The molecular formula is C14H16O2Si. The highest BCUT2D eigenvalue weighted by molar-refractivity contribution is 6.83. The molecule has 0 radical (unpaired) electrons. The van der Waals surface area contributed by atoms with E-state index in [-0.39, 0.29) is 5.97 Å². The molecule has 1 aliphatic rings. The number of rotatable bonds is 0. The van der Waals surface area contributed by atoms with Crippen molar-refractivity contribution >= 4 is 14.0 Å². The average Bonchev–Trinajstić information content (AvgIpc) is 2.26. The van der Waals surface area contributed by atoms with Crippen molar-refractivity contribution in [3.63, 3.8) is 0 Å². The summed E-state index contributed by atoms with van der Waals surface area (Å²) in [6, 6.07) is 5.83. The molecule has 0 saturated carbocycles. The Kier molecular flexibility index (Phi) is 3.08. The van der Waals surface area contributed by atoms with Crippen LogP contribution in [-0.2, 0) is 11.2 Å². The summed E-state index contributed by atoms with van der Waals surface area (Å²) < 4.78 is 5.03. The summed E-state index contributed by atoms with van der Waals surface area (Å²) in [4.78, 5) is 11.6. The van der Waals surface area contributed by atoms with E-state index in [2.05, 4.69) is 31.1 Å². The molecular weight excluding hydrogens is 228 g/mol. The van der Waals surface area contributed by atoms with Gasteiger partial charge in [-0.25, -0.2) is 4.79 Å².